The van der Waals surface area contributed by atoms with Gasteiger partial charge in [0.1, 0.15) is 0 Å². The average Bonchev–Trinajstić information content (AvgIpc) is 2.98. The first-order chi connectivity index (χ1) is 7.75. The fourth-order valence-electron chi connectivity index (χ4n) is 2.22. The fourth-order valence-corrected chi connectivity index (χ4v) is 2.22. The Morgan fingerprint density at radius 3 is 2.88 bits per heavy atom. The minimum atomic E-state index is 0.0720. The lowest BCUT2D eigenvalue weighted by Gasteiger charge is -2.12. The minimum Gasteiger partial charge on any atom is -0.378 e. The van der Waals surface area contributed by atoms with Crippen molar-refractivity contribution in [3.63, 3.8) is 0 Å². The van der Waals surface area contributed by atoms with E-state index in [1.165, 1.54) is 12.8 Å². The van der Waals surface area contributed by atoms with Crippen LogP contribution in [0.2, 0.25) is 0 Å². The Balaban J connectivity index is 1.52. The van der Waals surface area contributed by atoms with Gasteiger partial charge in [0.2, 0.25) is 5.91 Å². The summed E-state index contributed by atoms with van der Waals surface area (Å²) in [5, 5.41) is 2.92. The van der Waals surface area contributed by atoms with Crippen LogP contribution in [-0.4, -0.2) is 31.2 Å². The Hall–Kier alpha value is -0.610. The summed E-state index contributed by atoms with van der Waals surface area (Å²) in [5.74, 6) is 0.696. The van der Waals surface area contributed by atoms with Gasteiger partial charge in [-0.15, -0.1) is 0 Å². The zero-order valence-corrected chi connectivity index (χ0v) is 9.78. The van der Waals surface area contributed by atoms with Crippen molar-refractivity contribution < 1.29 is 9.53 Å². The molecule has 4 heteroatoms. The van der Waals surface area contributed by atoms with Crippen LogP contribution in [0, 0.1) is 5.92 Å². The van der Waals surface area contributed by atoms with Gasteiger partial charge in [-0.25, -0.2) is 0 Å². The van der Waals surface area contributed by atoms with E-state index in [0.29, 0.717) is 18.4 Å². The van der Waals surface area contributed by atoms with Gasteiger partial charge in [-0.2, -0.15) is 0 Å². The first-order valence-electron chi connectivity index (χ1n) is 6.39. The van der Waals surface area contributed by atoms with E-state index in [9.17, 15) is 4.79 Å². The van der Waals surface area contributed by atoms with Gasteiger partial charge >= 0.3 is 0 Å². The van der Waals surface area contributed by atoms with Gasteiger partial charge in [-0.3, -0.25) is 4.79 Å². The molecule has 0 bridgehead atoms. The lowest BCUT2D eigenvalue weighted by molar-refractivity contribution is -0.121. The van der Waals surface area contributed by atoms with E-state index in [1.807, 2.05) is 0 Å². The summed E-state index contributed by atoms with van der Waals surface area (Å²) in [6, 6.07) is 0.0720. The quantitative estimate of drug-likeness (QED) is 0.704. The fraction of sp³-hybridized carbons (Fsp3) is 0.917. The Morgan fingerprint density at radius 1 is 1.44 bits per heavy atom. The largest absolute Gasteiger partial charge is 0.378 e. The summed E-state index contributed by atoms with van der Waals surface area (Å²) in [6.07, 6.45) is 6.47. The van der Waals surface area contributed by atoms with Crippen LogP contribution in [-0.2, 0) is 9.53 Å². The van der Waals surface area contributed by atoms with Gasteiger partial charge in [0.25, 0.3) is 0 Å². The number of carbonyl (C=O) groups excluding carboxylic acids is 1. The summed E-state index contributed by atoms with van der Waals surface area (Å²) < 4.78 is 5.49. The molecule has 2 atom stereocenters. The van der Waals surface area contributed by atoms with Crippen molar-refractivity contribution in [3.8, 4) is 0 Å². The number of hydrogen-bond acceptors (Lipinski definition) is 3. The van der Waals surface area contributed by atoms with Gasteiger partial charge in [0.15, 0.2) is 0 Å². The summed E-state index contributed by atoms with van der Waals surface area (Å²) in [4.78, 5) is 11.5. The van der Waals surface area contributed by atoms with E-state index in [4.69, 9.17) is 10.5 Å². The van der Waals surface area contributed by atoms with Gasteiger partial charge in [-0.05, 0) is 38.0 Å². The highest BCUT2D eigenvalue weighted by Crippen LogP contribution is 2.32. The number of nitrogens with one attached hydrogen (secondary N) is 1. The van der Waals surface area contributed by atoms with Crippen molar-refractivity contribution in [2.75, 3.05) is 13.2 Å². The summed E-state index contributed by atoms with van der Waals surface area (Å²) in [7, 11) is 0. The SMILES string of the molecule is NC(CC(=O)NCCC1CCCO1)C1CC1. The van der Waals surface area contributed by atoms with E-state index in [0.717, 1.165) is 32.4 Å². The van der Waals surface area contributed by atoms with E-state index < -0.39 is 0 Å². The third-order valence-corrected chi connectivity index (χ3v) is 3.46. The summed E-state index contributed by atoms with van der Waals surface area (Å²) in [5.41, 5.74) is 5.89. The Labute approximate surface area is 96.9 Å². The molecule has 2 aliphatic rings. The predicted molar refractivity (Wildman–Crippen MR) is 61.9 cm³/mol. The molecule has 0 aromatic rings. The molecule has 92 valence electrons. The molecular formula is C12H22N2O2. The van der Waals surface area contributed by atoms with Crippen LogP contribution in [0.25, 0.3) is 0 Å². The maximum atomic E-state index is 11.5. The number of ether oxygens (including phenoxy) is 1. The molecule has 4 nitrogen and oxygen atoms in total. The van der Waals surface area contributed by atoms with Crippen LogP contribution in [0.3, 0.4) is 0 Å². The number of hydrogen-bond donors (Lipinski definition) is 2. The number of nitrogens with two attached hydrogens (primary N) is 1. The monoisotopic (exact) mass is 226 g/mol. The van der Waals surface area contributed by atoms with Crippen molar-refractivity contribution in [2.45, 2.75) is 50.7 Å². The lowest BCUT2D eigenvalue weighted by Crippen LogP contribution is -2.34. The Kier molecular flexibility index (Phi) is 4.18. The van der Waals surface area contributed by atoms with Gasteiger partial charge in [0.05, 0.1) is 6.10 Å². The Morgan fingerprint density at radius 2 is 2.25 bits per heavy atom. The molecule has 1 amide bonds. The zero-order valence-electron chi connectivity index (χ0n) is 9.78. The van der Waals surface area contributed by atoms with Crippen LogP contribution < -0.4 is 11.1 Å². The van der Waals surface area contributed by atoms with Crippen LogP contribution in [0.5, 0.6) is 0 Å². The van der Waals surface area contributed by atoms with Crippen molar-refractivity contribution in [1.29, 1.82) is 0 Å². The molecule has 0 spiro atoms. The van der Waals surface area contributed by atoms with E-state index in [1.54, 1.807) is 0 Å². The lowest BCUT2D eigenvalue weighted by atomic mass is 10.1. The number of rotatable bonds is 6. The molecule has 2 unspecified atom stereocenters. The second-order valence-corrected chi connectivity index (χ2v) is 4.98. The molecule has 2 fully saturated rings. The van der Waals surface area contributed by atoms with Gasteiger partial charge < -0.3 is 15.8 Å². The molecule has 1 aliphatic heterocycles. The minimum absolute atomic E-state index is 0.0720. The van der Waals surface area contributed by atoms with Crippen LogP contribution >= 0.6 is 0 Å². The molecule has 2 rings (SSSR count). The first kappa shape index (κ1) is 11.9. The number of amides is 1. The van der Waals surface area contributed by atoms with Crippen molar-refractivity contribution in [3.05, 3.63) is 0 Å². The van der Waals surface area contributed by atoms with E-state index in [-0.39, 0.29) is 11.9 Å². The topological polar surface area (TPSA) is 64.4 Å². The molecule has 0 radical (unpaired) electrons. The highest BCUT2D eigenvalue weighted by molar-refractivity contribution is 5.76. The molecule has 0 aromatic heterocycles. The molecule has 1 saturated heterocycles. The first-order valence-corrected chi connectivity index (χ1v) is 6.39. The van der Waals surface area contributed by atoms with E-state index >= 15 is 0 Å². The maximum absolute atomic E-state index is 11.5. The third kappa shape index (κ3) is 3.76. The normalized spacial score (nSPS) is 26.7. The van der Waals surface area contributed by atoms with Crippen molar-refractivity contribution in [2.24, 2.45) is 11.7 Å². The molecule has 0 aromatic carbocycles. The molecular weight excluding hydrogens is 204 g/mol. The van der Waals surface area contributed by atoms with Gasteiger partial charge in [-0.1, -0.05) is 0 Å². The highest BCUT2D eigenvalue weighted by atomic mass is 16.5. The summed E-state index contributed by atoms with van der Waals surface area (Å²) >= 11 is 0. The molecule has 16 heavy (non-hydrogen) atoms. The van der Waals surface area contributed by atoms with Crippen LogP contribution in [0.15, 0.2) is 0 Å². The molecule has 1 aliphatic carbocycles. The second-order valence-electron chi connectivity index (χ2n) is 4.98. The predicted octanol–water partition coefficient (Wildman–Crippen LogP) is 0.799. The standard InChI is InChI=1S/C12H22N2O2/c13-11(9-3-4-9)8-12(15)14-6-5-10-2-1-7-16-10/h9-11H,1-8,13H2,(H,14,15). The van der Waals surface area contributed by atoms with Crippen molar-refractivity contribution in [1.82, 2.24) is 5.32 Å². The van der Waals surface area contributed by atoms with Gasteiger partial charge in [0, 0.05) is 25.6 Å². The molecule has 1 saturated carbocycles. The highest BCUT2D eigenvalue weighted by Gasteiger charge is 2.29. The summed E-state index contributed by atoms with van der Waals surface area (Å²) in [6.45, 7) is 1.60. The number of carbonyl (C=O) groups is 1. The smallest absolute Gasteiger partial charge is 0.221 e. The third-order valence-electron chi connectivity index (χ3n) is 3.46. The van der Waals surface area contributed by atoms with Crippen LogP contribution in [0.1, 0.15) is 38.5 Å². The molecule has 3 N–H and O–H groups in total. The zero-order chi connectivity index (χ0) is 11.4. The second kappa shape index (κ2) is 5.64. The Bertz CT molecular complexity index is 235. The molecule has 1 heterocycles. The van der Waals surface area contributed by atoms with Crippen LogP contribution in [0.4, 0.5) is 0 Å². The maximum Gasteiger partial charge on any atom is 0.221 e. The average molecular weight is 226 g/mol. The van der Waals surface area contributed by atoms with E-state index in [2.05, 4.69) is 5.32 Å². The van der Waals surface area contributed by atoms with Crippen molar-refractivity contribution >= 4 is 5.91 Å².